The van der Waals surface area contributed by atoms with Crippen LogP contribution >= 0.6 is 24.0 Å². The Morgan fingerprint density at radius 1 is 1.19 bits per heavy atom. The standard InChI is InChI=1S/C16H18N2OS2/c1-19-10-11-6-3-4-7-12(11)18-13-8-5-9-14(21-2)15(13)16(17)20/h3-9,18H,10H2,1-2H3,(H2,17,20). The lowest BCUT2D eigenvalue weighted by atomic mass is 10.1. The highest BCUT2D eigenvalue weighted by molar-refractivity contribution is 7.98. The molecule has 0 fully saturated rings. The van der Waals surface area contributed by atoms with Crippen molar-refractivity contribution in [3.05, 3.63) is 53.6 Å². The molecule has 0 bridgehead atoms. The van der Waals surface area contributed by atoms with E-state index in [1.54, 1.807) is 18.9 Å². The third-order valence-electron chi connectivity index (χ3n) is 3.08. The normalized spacial score (nSPS) is 10.4. The zero-order valence-electron chi connectivity index (χ0n) is 12.1. The van der Waals surface area contributed by atoms with Gasteiger partial charge in [0.15, 0.2) is 0 Å². The summed E-state index contributed by atoms with van der Waals surface area (Å²) in [6.07, 6.45) is 2.01. The monoisotopic (exact) mass is 318 g/mol. The summed E-state index contributed by atoms with van der Waals surface area (Å²) < 4.78 is 5.23. The molecule has 3 nitrogen and oxygen atoms in total. The van der Waals surface area contributed by atoms with E-state index in [9.17, 15) is 0 Å². The lowest BCUT2D eigenvalue weighted by molar-refractivity contribution is 0.185. The highest BCUT2D eigenvalue weighted by Gasteiger charge is 2.12. The van der Waals surface area contributed by atoms with Gasteiger partial charge < -0.3 is 15.8 Å². The van der Waals surface area contributed by atoms with Crippen molar-refractivity contribution in [2.75, 3.05) is 18.7 Å². The molecule has 2 aromatic rings. The first kappa shape index (κ1) is 15.8. The molecule has 5 heteroatoms. The van der Waals surface area contributed by atoms with Crippen molar-refractivity contribution in [3.8, 4) is 0 Å². The predicted octanol–water partition coefficient (Wildman–Crippen LogP) is 3.93. The number of thiocarbonyl (C=S) groups is 1. The second kappa shape index (κ2) is 7.45. The van der Waals surface area contributed by atoms with E-state index in [1.165, 1.54) is 0 Å². The van der Waals surface area contributed by atoms with E-state index in [4.69, 9.17) is 22.7 Å². The largest absolute Gasteiger partial charge is 0.389 e. The summed E-state index contributed by atoms with van der Waals surface area (Å²) in [6.45, 7) is 0.549. The van der Waals surface area contributed by atoms with Crippen LogP contribution in [0.5, 0.6) is 0 Å². The van der Waals surface area contributed by atoms with Crippen LogP contribution in [0, 0.1) is 0 Å². The molecule has 3 N–H and O–H groups in total. The van der Waals surface area contributed by atoms with Crippen LogP contribution < -0.4 is 11.1 Å². The summed E-state index contributed by atoms with van der Waals surface area (Å²) in [5.41, 5.74) is 9.77. The SMILES string of the molecule is COCc1ccccc1Nc1cccc(SC)c1C(N)=S. The highest BCUT2D eigenvalue weighted by Crippen LogP contribution is 2.30. The molecule has 0 aromatic heterocycles. The van der Waals surface area contributed by atoms with Crippen LogP contribution in [0.1, 0.15) is 11.1 Å². The van der Waals surface area contributed by atoms with Gasteiger partial charge in [0.1, 0.15) is 4.99 Å². The Morgan fingerprint density at radius 3 is 2.57 bits per heavy atom. The quantitative estimate of drug-likeness (QED) is 0.624. The van der Waals surface area contributed by atoms with Crippen LogP contribution in [-0.4, -0.2) is 18.4 Å². The van der Waals surface area contributed by atoms with E-state index in [2.05, 4.69) is 5.32 Å². The summed E-state index contributed by atoms with van der Waals surface area (Å²) in [7, 11) is 1.69. The van der Waals surface area contributed by atoms with E-state index in [0.29, 0.717) is 11.6 Å². The van der Waals surface area contributed by atoms with E-state index in [-0.39, 0.29) is 0 Å². The molecular weight excluding hydrogens is 300 g/mol. The third kappa shape index (κ3) is 3.75. The number of ether oxygens (including phenoxy) is 1. The van der Waals surface area contributed by atoms with Crippen molar-refractivity contribution in [1.29, 1.82) is 0 Å². The maximum absolute atomic E-state index is 5.89. The van der Waals surface area contributed by atoms with Crippen molar-refractivity contribution in [2.45, 2.75) is 11.5 Å². The summed E-state index contributed by atoms with van der Waals surface area (Å²) in [6, 6.07) is 14.0. The van der Waals surface area contributed by atoms with Crippen LogP contribution in [0.4, 0.5) is 11.4 Å². The Bertz CT molecular complexity index is 644. The highest BCUT2D eigenvalue weighted by atomic mass is 32.2. The minimum Gasteiger partial charge on any atom is -0.389 e. The summed E-state index contributed by atoms with van der Waals surface area (Å²) in [4.78, 5) is 1.46. The Labute approximate surface area is 134 Å². The lowest BCUT2D eigenvalue weighted by Gasteiger charge is -2.16. The Balaban J connectivity index is 2.42. The number of nitrogens with one attached hydrogen (secondary N) is 1. The summed E-state index contributed by atoms with van der Waals surface area (Å²) >= 11 is 6.83. The van der Waals surface area contributed by atoms with Gasteiger partial charge in [0.25, 0.3) is 0 Å². The van der Waals surface area contributed by atoms with Gasteiger partial charge in [-0.25, -0.2) is 0 Å². The average Bonchev–Trinajstić information content (AvgIpc) is 2.49. The first-order valence-electron chi connectivity index (χ1n) is 6.48. The number of nitrogens with two attached hydrogens (primary N) is 1. The van der Waals surface area contributed by atoms with Crippen molar-refractivity contribution in [2.24, 2.45) is 5.73 Å². The topological polar surface area (TPSA) is 47.3 Å². The van der Waals surface area contributed by atoms with Crippen LogP contribution in [0.25, 0.3) is 0 Å². The fourth-order valence-electron chi connectivity index (χ4n) is 2.13. The number of thioether (sulfide) groups is 1. The molecule has 0 unspecified atom stereocenters. The van der Waals surface area contributed by atoms with Crippen molar-refractivity contribution < 1.29 is 4.74 Å². The molecule has 0 radical (unpaired) electrons. The van der Waals surface area contributed by atoms with Gasteiger partial charge in [-0.15, -0.1) is 11.8 Å². The zero-order chi connectivity index (χ0) is 15.2. The average molecular weight is 318 g/mol. The van der Waals surface area contributed by atoms with Gasteiger partial charge in [-0.1, -0.05) is 36.5 Å². The van der Waals surface area contributed by atoms with E-state index in [0.717, 1.165) is 27.4 Å². The van der Waals surface area contributed by atoms with Crippen LogP contribution in [0.2, 0.25) is 0 Å². The van der Waals surface area contributed by atoms with E-state index >= 15 is 0 Å². The Kier molecular flexibility index (Phi) is 5.61. The summed E-state index contributed by atoms with van der Waals surface area (Å²) in [5.74, 6) is 0. The van der Waals surface area contributed by atoms with Gasteiger partial charge in [-0.3, -0.25) is 0 Å². The molecule has 0 aliphatic rings. The number of rotatable bonds is 6. The minimum atomic E-state index is 0.395. The second-order valence-electron chi connectivity index (χ2n) is 4.46. The number of anilines is 2. The molecule has 0 heterocycles. The lowest BCUT2D eigenvalue weighted by Crippen LogP contribution is -2.13. The number of methoxy groups -OCH3 is 1. The molecule has 0 aliphatic carbocycles. The van der Waals surface area contributed by atoms with E-state index < -0.39 is 0 Å². The minimum absolute atomic E-state index is 0.395. The zero-order valence-corrected chi connectivity index (χ0v) is 13.7. The van der Waals surface area contributed by atoms with Crippen molar-refractivity contribution in [1.82, 2.24) is 0 Å². The molecule has 2 rings (SSSR count). The summed E-state index contributed by atoms with van der Waals surface area (Å²) in [5, 5.41) is 3.42. The second-order valence-corrected chi connectivity index (χ2v) is 5.75. The first-order chi connectivity index (χ1) is 10.2. The maximum Gasteiger partial charge on any atom is 0.107 e. The molecule has 0 saturated carbocycles. The van der Waals surface area contributed by atoms with Crippen molar-refractivity contribution >= 4 is 40.3 Å². The number of benzene rings is 2. The predicted molar refractivity (Wildman–Crippen MR) is 94.5 cm³/mol. The van der Waals surface area contributed by atoms with Gasteiger partial charge in [0.2, 0.25) is 0 Å². The maximum atomic E-state index is 5.89. The van der Waals surface area contributed by atoms with Crippen LogP contribution in [0.15, 0.2) is 47.4 Å². The van der Waals surface area contributed by atoms with Crippen LogP contribution in [0.3, 0.4) is 0 Å². The molecule has 0 amide bonds. The molecule has 21 heavy (non-hydrogen) atoms. The Morgan fingerprint density at radius 2 is 1.90 bits per heavy atom. The molecule has 0 spiro atoms. The molecule has 0 saturated heterocycles. The Hall–Kier alpha value is -1.56. The van der Waals surface area contributed by atoms with Gasteiger partial charge >= 0.3 is 0 Å². The fraction of sp³-hybridized carbons (Fsp3) is 0.188. The fourth-order valence-corrected chi connectivity index (χ4v) is 3.05. The van der Waals surface area contributed by atoms with Crippen LogP contribution in [-0.2, 0) is 11.3 Å². The molecule has 2 aromatic carbocycles. The van der Waals surface area contributed by atoms with Gasteiger partial charge in [0, 0.05) is 34.5 Å². The molecule has 0 aliphatic heterocycles. The van der Waals surface area contributed by atoms with Gasteiger partial charge in [-0.2, -0.15) is 0 Å². The molecular formula is C16H18N2OS2. The number of hydrogen-bond donors (Lipinski definition) is 2. The smallest absolute Gasteiger partial charge is 0.107 e. The third-order valence-corrected chi connectivity index (χ3v) is 4.06. The first-order valence-corrected chi connectivity index (χ1v) is 8.11. The van der Waals surface area contributed by atoms with Gasteiger partial charge in [-0.05, 0) is 24.5 Å². The van der Waals surface area contributed by atoms with Crippen molar-refractivity contribution in [3.63, 3.8) is 0 Å². The number of para-hydroxylation sites is 1. The number of hydrogen-bond acceptors (Lipinski definition) is 4. The molecule has 110 valence electrons. The molecule has 0 atom stereocenters. The van der Waals surface area contributed by atoms with Gasteiger partial charge in [0.05, 0.1) is 6.61 Å². The van der Waals surface area contributed by atoms with E-state index in [1.807, 2.05) is 48.7 Å².